The van der Waals surface area contributed by atoms with Crippen LogP contribution in [0.5, 0.6) is 0 Å². The zero-order valence-electron chi connectivity index (χ0n) is 12.2. The predicted molar refractivity (Wildman–Crippen MR) is 79.9 cm³/mol. The largest absolute Gasteiger partial charge is 0.457 e. The van der Waals surface area contributed by atoms with E-state index in [0.29, 0.717) is 5.56 Å². The van der Waals surface area contributed by atoms with Gasteiger partial charge in [0.2, 0.25) is 0 Å². The quantitative estimate of drug-likeness (QED) is 0.484. The highest BCUT2D eigenvalue weighted by Gasteiger charge is 2.23. The summed E-state index contributed by atoms with van der Waals surface area (Å²) in [6.45, 7) is 5.10. The minimum absolute atomic E-state index is 0.0299. The molecule has 0 aliphatic heterocycles. The fraction of sp³-hybridized carbons (Fsp3) is 0.312. The summed E-state index contributed by atoms with van der Waals surface area (Å²) < 4.78 is 5.29. The van der Waals surface area contributed by atoms with Gasteiger partial charge in [-0.3, -0.25) is 14.9 Å². The molecule has 2 rings (SSSR count). The van der Waals surface area contributed by atoms with Crippen LogP contribution in [0.15, 0.2) is 36.4 Å². The Bertz CT molecular complexity index is 694. The van der Waals surface area contributed by atoms with Gasteiger partial charge in [-0.15, -0.1) is 0 Å². The maximum Gasteiger partial charge on any atom is 0.308 e. The second-order valence-electron chi connectivity index (χ2n) is 5.25. The van der Waals surface area contributed by atoms with Gasteiger partial charge in [-0.1, -0.05) is 38.1 Å². The third-order valence-electron chi connectivity index (χ3n) is 3.29. The summed E-state index contributed by atoms with van der Waals surface area (Å²) in [7, 11) is 0. The second-order valence-corrected chi connectivity index (χ2v) is 5.25. The summed E-state index contributed by atoms with van der Waals surface area (Å²) in [5, 5.41) is 12.9. The Hall–Kier alpha value is -2.43. The maximum atomic E-state index is 11.7. The lowest BCUT2D eigenvalue weighted by molar-refractivity contribution is -0.386. The van der Waals surface area contributed by atoms with E-state index in [0.717, 1.165) is 10.8 Å². The molecule has 21 heavy (non-hydrogen) atoms. The minimum Gasteiger partial charge on any atom is -0.457 e. The first-order chi connectivity index (χ1) is 9.90. The van der Waals surface area contributed by atoms with Gasteiger partial charge < -0.3 is 4.74 Å². The number of carbonyl (C=O) groups excluding carboxylic acids is 1. The molecule has 2 aromatic carbocycles. The van der Waals surface area contributed by atoms with Crippen molar-refractivity contribution >= 4 is 22.4 Å². The van der Waals surface area contributed by atoms with Crippen LogP contribution in [0, 0.1) is 16.0 Å². The summed E-state index contributed by atoms with van der Waals surface area (Å²) in [6, 6.07) is 10.6. The van der Waals surface area contributed by atoms with E-state index in [-0.39, 0.29) is 17.6 Å². The molecule has 0 radical (unpaired) electrons. The number of rotatable bonds is 4. The van der Waals surface area contributed by atoms with Crippen LogP contribution in [-0.4, -0.2) is 10.9 Å². The zero-order valence-corrected chi connectivity index (χ0v) is 12.2. The summed E-state index contributed by atoms with van der Waals surface area (Å²) in [4.78, 5) is 22.5. The molecular formula is C16H17NO4. The Morgan fingerprint density at radius 3 is 2.24 bits per heavy atom. The number of benzene rings is 2. The van der Waals surface area contributed by atoms with E-state index in [4.69, 9.17) is 4.74 Å². The average Bonchev–Trinajstić information content (AvgIpc) is 2.45. The van der Waals surface area contributed by atoms with E-state index in [1.807, 2.05) is 24.3 Å². The molecule has 0 heterocycles. The van der Waals surface area contributed by atoms with Crippen molar-refractivity contribution in [2.45, 2.75) is 26.9 Å². The second kappa shape index (κ2) is 5.91. The van der Waals surface area contributed by atoms with Crippen molar-refractivity contribution in [3.63, 3.8) is 0 Å². The first kappa shape index (κ1) is 15.0. The molecule has 0 fully saturated rings. The van der Waals surface area contributed by atoms with Crippen LogP contribution in [-0.2, 0) is 9.53 Å². The van der Waals surface area contributed by atoms with Gasteiger partial charge in [0.15, 0.2) is 0 Å². The Kier molecular flexibility index (Phi) is 4.21. The average molecular weight is 287 g/mol. The number of ether oxygens (including phenoxy) is 1. The molecule has 0 N–H and O–H groups in total. The molecule has 0 spiro atoms. The van der Waals surface area contributed by atoms with Crippen LogP contribution in [0.2, 0.25) is 0 Å². The SMILES string of the molecule is CC(C)C(=O)OC(C)c1cc2ccccc2cc1[N+](=O)[O-]. The Morgan fingerprint density at radius 2 is 1.71 bits per heavy atom. The molecule has 0 bridgehead atoms. The maximum absolute atomic E-state index is 11.7. The van der Waals surface area contributed by atoms with Gasteiger partial charge in [-0.2, -0.15) is 0 Å². The number of carbonyl (C=O) groups is 1. The molecule has 5 nitrogen and oxygen atoms in total. The van der Waals surface area contributed by atoms with Gasteiger partial charge in [0.25, 0.3) is 5.69 Å². The summed E-state index contributed by atoms with van der Waals surface area (Å²) in [6.07, 6.45) is -0.662. The molecule has 1 unspecified atom stereocenters. The van der Waals surface area contributed by atoms with Gasteiger partial charge in [0, 0.05) is 6.07 Å². The van der Waals surface area contributed by atoms with E-state index in [1.165, 1.54) is 6.07 Å². The van der Waals surface area contributed by atoms with E-state index in [1.54, 1.807) is 26.8 Å². The van der Waals surface area contributed by atoms with Gasteiger partial charge in [-0.05, 0) is 23.8 Å². The number of nitrogens with zero attached hydrogens (tertiary/aromatic N) is 1. The third-order valence-corrected chi connectivity index (χ3v) is 3.29. The van der Waals surface area contributed by atoms with Crippen molar-refractivity contribution in [1.29, 1.82) is 0 Å². The number of fused-ring (bicyclic) bond motifs is 1. The van der Waals surface area contributed by atoms with Crippen molar-refractivity contribution in [2.75, 3.05) is 0 Å². The normalized spacial score (nSPS) is 12.4. The lowest BCUT2D eigenvalue weighted by Gasteiger charge is -2.16. The highest BCUT2D eigenvalue weighted by atomic mass is 16.6. The first-order valence-corrected chi connectivity index (χ1v) is 6.77. The van der Waals surface area contributed by atoms with Gasteiger partial charge >= 0.3 is 5.97 Å². The van der Waals surface area contributed by atoms with Gasteiger partial charge in [0.1, 0.15) is 6.10 Å². The summed E-state index contributed by atoms with van der Waals surface area (Å²) >= 11 is 0. The Balaban J connectivity index is 2.47. The molecule has 0 saturated carbocycles. The Morgan fingerprint density at radius 1 is 1.14 bits per heavy atom. The molecule has 2 aromatic rings. The van der Waals surface area contributed by atoms with Crippen LogP contribution in [0.1, 0.15) is 32.4 Å². The van der Waals surface area contributed by atoms with Crippen molar-refractivity contribution in [2.24, 2.45) is 5.92 Å². The fourth-order valence-electron chi connectivity index (χ4n) is 2.10. The van der Waals surface area contributed by atoms with E-state index < -0.39 is 11.0 Å². The highest BCUT2D eigenvalue weighted by molar-refractivity contribution is 5.86. The Labute approximate surface area is 122 Å². The first-order valence-electron chi connectivity index (χ1n) is 6.77. The lowest BCUT2D eigenvalue weighted by atomic mass is 10.0. The van der Waals surface area contributed by atoms with Crippen LogP contribution < -0.4 is 0 Å². The van der Waals surface area contributed by atoms with Crippen LogP contribution in [0.3, 0.4) is 0 Å². The van der Waals surface area contributed by atoms with E-state index in [2.05, 4.69) is 0 Å². The predicted octanol–water partition coefficient (Wildman–Crippen LogP) is 4.01. The molecule has 0 aromatic heterocycles. The standard InChI is InChI=1S/C16H17NO4/c1-10(2)16(18)21-11(3)14-8-12-6-4-5-7-13(12)9-15(14)17(19)20/h4-11H,1-3H3. The number of hydrogen-bond acceptors (Lipinski definition) is 4. The molecular weight excluding hydrogens is 270 g/mol. The van der Waals surface area contributed by atoms with Crippen molar-refractivity contribution < 1.29 is 14.5 Å². The fourth-order valence-corrected chi connectivity index (χ4v) is 2.10. The molecule has 0 saturated heterocycles. The van der Waals surface area contributed by atoms with Crippen molar-refractivity contribution in [3.8, 4) is 0 Å². The van der Waals surface area contributed by atoms with E-state index in [9.17, 15) is 14.9 Å². The van der Waals surface area contributed by atoms with Crippen LogP contribution >= 0.6 is 0 Å². The van der Waals surface area contributed by atoms with Gasteiger partial charge in [0.05, 0.1) is 16.4 Å². The number of nitro benzene ring substituents is 1. The molecule has 5 heteroatoms. The van der Waals surface area contributed by atoms with Gasteiger partial charge in [-0.25, -0.2) is 0 Å². The van der Waals surface area contributed by atoms with Crippen LogP contribution in [0.25, 0.3) is 10.8 Å². The lowest BCUT2D eigenvalue weighted by Crippen LogP contribution is -2.15. The summed E-state index contributed by atoms with van der Waals surface area (Å²) in [5.74, 6) is -0.642. The number of esters is 1. The minimum atomic E-state index is -0.662. The van der Waals surface area contributed by atoms with Crippen molar-refractivity contribution in [3.05, 3.63) is 52.1 Å². The third kappa shape index (κ3) is 3.18. The van der Waals surface area contributed by atoms with E-state index >= 15 is 0 Å². The highest BCUT2D eigenvalue weighted by Crippen LogP contribution is 2.32. The molecule has 110 valence electrons. The molecule has 1 atom stereocenters. The summed E-state index contributed by atoms with van der Waals surface area (Å²) in [5.41, 5.74) is 0.380. The molecule has 0 aliphatic rings. The van der Waals surface area contributed by atoms with Crippen LogP contribution in [0.4, 0.5) is 5.69 Å². The smallest absolute Gasteiger partial charge is 0.308 e. The topological polar surface area (TPSA) is 69.4 Å². The molecule has 0 aliphatic carbocycles. The number of nitro groups is 1. The molecule has 0 amide bonds. The monoisotopic (exact) mass is 287 g/mol. The number of hydrogen-bond donors (Lipinski definition) is 0. The van der Waals surface area contributed by atoms with Crippen molar-refractivity contribution in [1.82, 2.24) is 0 Å². The zero-order chi connectivity index (χ0) is 15.6.